The molecule has 0 saturated heterocycles. The Hall–Kier alpha value is -3.46. The second-order valence-electron chi connectivity index (χ2n) is 6.74. The molecule has 1 aliphatic heterocycles. The van der Waals surface area contributed by atoms with Gasteiger partial charge in [0.25, 0.3) is 5.56 Å². The lowest BCUT2D eigenvalue weighted by Gasteiger charge is -2.10. The Morgan fingerprint density at radius 3 is 2.93 bits per heavy atom. The summed E-state index contributed by atoms with van der Waals surface area (Å²) in [7, 11) is 0. The molecule has 5 rings (SSSR count). The summed E-state index contributed by atoms with van der Waals surface area (Å²) in [4.78, 5) is 33.3. The van der Waals surface area contributed by atoms with Gasteiger partial charge in [0.2, 0.25) is 12.7 Å². The number of rotatable bonds is 5. The van der Waals surface area contributed by atoms with E-state index in [0.717, 1.165) is 10.9 Å². The number of aromatic nitrogens is 3. The topological polar surface area (TPSA) is 98.2 Å². The number of ether oxygens (including phenoxy) is 2. The molecule has 0 atom stereocenters. The van der Waals surface area contributed by atoms with E-state index in [9.17, 15) is 9.59 Å². The third kappa shape index (κ3) is 3.17. The molecule has 0 saturated carbocycles. The molecule has 2 N–H and O–H groups in total. The van der Waals surface area contributed by atoms with Gasteiger partial charge < -0.3 is 19.8 Å². The van der Waals surface area contributed by atoms with Gasteiger partial charge in [0, 0.05) is 29.2 Å². The van der Waals surface area contributed by atoms with Gasteiger partial charge in [0.15, 0.2) is 16.7 Å². The summed E-state index contributed by atoms with van der Waals surface area (Å²) in [6, 6.07) is 12.9. The van der Waals surface area contributed by atoms with E-state index in [-0.39, 0.29) is 24.0 Å². The predicted octanol–water partition coefficient (Wildman–Crippen LogP) is 3.36. The highest BCUT2D eigenvalue weighted by Crippen LogP contribution is 2.34. The first-order valence-electron chi connectivity index (χ1n) is 9.47. The average Bonchev–Trinajstić information content (AvgIpc) is 3.36. The van der Waals surface area contributed by atoms with E-state index < -0.39 is 0 Å². The number of fused-ring (bicyclic) bond motifs is 4. The highest BCUT2D eigenvalue weighted by atomic mass is 32.2. The summed E-state index contributed by atoms with van der Waals surface area (Å²) in [5.74, 6) is 1.18. The van der Waals surface area contributed by atoms with E-state index in [2.05, 4.69) is 10.3 Å². The summed E-state index contributed by atoms with van der Waals surface area (Å²) in [5, 5.41) is 4.24. The van der Waals surface area contributed by atoms with Crippen molar-refractivity contribution in [3.63, 3.8) is 0 Å². The first-order chi connectivity index (χ1) is 14.6. The quantitative estimate of drug-likeness (QED) is 0.378. The fraction of sp³-hybridized carbons (Fsp3) is 0.190. The van der Waals surface area contributed by atoms with Gasteiger partial charge in [-0.1, -0.05) is 30.0 Å². The number of hydrogen-bond acceptors (Lipinski definition) is 6. The van der Waals surface area contributed by atoms with Crippen LogP contribution in [0.5, 0.6) is 11.5 Å². The molecule has 4 aromatic rings. The Bertz CT molecular complexity index is 1340. The number of carbonyl (C=O) groups excluding carboxylic acids is 1. The smallest absolute Gasteiger partial charge is 0.278 e. The van der Waals surface area contributed by atoms with E-state index in [4.69, 9.17) is 14.5 Å². The Labute approximate surface area is 175 Å². The molecule has 3 heterocycles. The number of carbonyl (C=O) groups is 1. The monoisotopic (exact) mass is 422 g/mol. The van der Waals surface area contributed by atoms with Crippen molar-refractivity contribution >= 4 is 45.3 Å². The molecule has 0 fully saturated rings. The fourth-order valence-electron chi connectivity index (χ4n) is 3.47. The maximum absolute atomic E-state index is 12.9. The maximum Gasteiger partial charge on any atom is 0.278 e. The molecule has 0 aliphatic carbocycles. The molecule has 9 heteroatoms. The first-order valence-corrected chi connectivity index (χ1v) is 10.5. The number of amides is 1. The zero-order chi connectivity index (χ0) is 20.7. The summed E-state index contributed by atoms with van der Waals surface area (Å²) in [5.41, 5.74) is 2.45. The number of benzene rings is 2. The van der Waals surface area contributed by atoms with Crippen molar-refractivity contribution in [3.05, 3.63) is 52.8 Å². The Morgan fingerprint density at radius 1 is 1.23 bits per heavy atom. The van der Waals surface area contributed by atoms with Crippen LogP contribution in [0, 0.1) is 0 Å². The number of H-pyrrole nitrogens is 1. The third-order valence-corrected chi connectivity index (χ3v) is 5.86. The van der Waals surface area contributed by atoms with Crippen molar-refractivity contribution in [2.45, 2.75) is 18.6 Å². The number of anilines is 1. The van der Waals surface area contributed by atoms with Crippen molar-refractivity contribution in [1.82, 2.24) is 14.5 Å². The zero-order valence-corrected chi connectivity index (χ0v) is 16.9. The van der Waals surface area contributed by atoms with Crippen LogP contribution >= 0.6 is 11.8 Å². The van der Waals surface area contributed by atoms with Crippen molar-refractivity contribution < 1.29 is 14.3 Å². The number of nitrogens with one attached hydrogen (secondary N) is 2. The van der Waals surface area contributed by atoms with Gasteiger partial charge in [-0.15, -0.1) is 0 Å². The van der Waals surface area contributed by atoms with Crippen molar-refractivity contribution in [3.8, 4) is 11.5 Å². The number of hydrogen-bond donors (Lipinski definition) is 2. The molecule has 8 nitrogen and oxygen atoms in total. The van der Waals surface area contributed by atoms with Crippen molar-refractivity contribution in [2.75, 3.05) is 17.9 Å². The van der Waals surface area contributed by atoms with Crippen LogP contribution in [0.3, 0.4) is 0 Å². The van der Waals surface area contributed by atoms with Crippen LogP contribution in [-0.2, 0) is 11.3 Å². The Morgan fingerprint density at radius 2 is 2.07 bits per heavy atom. The van der Waals surface area contributed by atoms with Crippen LogP contribution in [0.25, 0.3) is 21.9 Å². The molecular formula is C21H18N4O4S. The minimum atomic E-state index is -0.199. The van der Waals surface area contributed by atoms with Gasteiger partial charge in [-0.2, -0.15) is 0 Å². The van der Waals surface area contributed by atoms with Gasteiger partial charge in [0.1, 0.15) is 11.0 Å². The predicted molar refractivity (Wildman–Crippen MR) is 115 cm³/mol. The normalized spacial score (nSPS) is 12.6. The molecule has 2 aromatic carbocycles. The standard InChI is InChI=1S/C21H18N4O4S/c1-2-25-20(27)19-18(13-5-3-4-6-14(13)23-19)24-21(25)30-10-17(26)22-12-7-8-15-16(9-12)29-11-28-15/h3-9,23H,2,10-11H2,1H3,(H,22,26). The Kier molecular flexibility index (Phi) is 4.59. The van der Waals surface area contributed by atoms with Gasteiger partial charge >= 0.3 is 0 Å². The maximum atomic E-state index is 12.9. The largest absolute Gasteiger partial charge is 0.454 e. The van der Waals surface area contributed by atoms with E-state index in [0.29, 0.717) is 39.9 Å². The summed E-state index contributed by atoms with van der Waals surface area (Å²) in [6.07, 6.45) is 0. The van der Waals surface area contributed by atoms with Crippen LogP contribution < -0.4 is 20.3 Å². The van der Waals surface area contributed by atoms with E-state index in [1.807, 2.05) is 31.2 Å². The highest BCUT2D eigenvalue weighted by Gasteiger charge is 2.17. The first kappa shape index (κ1) is 18.6. The zero-order valence-electron chi connectivity index (χ0n) is 16.1. The molecule has 0 spiro atoms. The molecule has 1 aliphatic rings. The van der Waals surface area contributed by atoms with E-state index in [1.165, 1.54) is 11.8 Å². The summed E-state index contributed by atoms with van der Waals surface area (Å²) >= 11 is 1.24. The second kappa shape index (κ2) is 7.42. The van der Waals surface area contributed by atoms with Crippen LogP contribution in [0.15, 0.2) is 52.4 Å². The number of nitrogens with zero attached hydrogens (tertiary/aromatic N) is 2. The lowest BCUT2D eigenvalue weighted by atomic mass is 10.2. The SMILES string of the molecule is CCn1c(SCC(=O)Nc2ccc3c(c2)OCO3)nc2c([nH]c3ccccc32)c1=O. The molecular weight excluding hydrogens is 404 g/mol. The molecule has 30 heavy (non-hydrogen) atoms. The minimum absolute atomic E-state index is 0.120. The highest BCUT2D eigenvalue weighted by molar-refractivity contribution is 7.99. The van der Waals surface area contributed by atoms with Crippen LogP contribution in [-0.4, -0.2) is 33.0 Å². The van der Waals surface area contributed by atoms with Gasteiger partial charge in [-0.3, -0.25) is 14.2 Å². The van der Waals surface area contributed by atoms with E-state index >= 15 is 0 Å². The summed E-state index contributed by atoms with van der Waals surface area (Å²) < 4.78 is 12.2. The van der Waals surface area contributed by atoms with Crippen molar-refractivity contribution in [1.29, 1.82) is 0 Å². The Balaban J connectivity index is 1.40. The average molecular weight is 422 g/mol. The van der Waals surface area contributed by atoms with Crippen molar-refractivity contribution in [2.24, 2.45) is 0 Å². The lowest BCUT2D eigenvalue weighted by Crippen LogP contribution is -2.23. The fourth-order valence-corrected chi connectivity index (χ4v) is 4.32. The van der Waals surface area contributed by atoms with Gasteiger partial charge in [-0.25, -0.2) is 4.98 Å². The second-order valence-corrected chi connectivity index (χ2v) is 7.69. The molecule has 0 bridgehead atoms. The minimum Gasteiger partial charge on any atom is -0.454 e. The van der Waals surface area contributed by atoms with E-state index in [1.54, 1.807) is 22.8 Å². The summed E-state index contributed by atoms with van der Waals surface area (Å²) in [6.45, 7) is 2.52. The van der Waals surface area contributed by atoms with Gasteiger partial charge in [0.05, 0.1) is 5.75 Å². The third-order valence-electron chi connectivity index (χ3n) is 4.88. The number of para-hydroxylation sites is 1. The molecule has 152 valence electrons. The molecule has 0 unspecified atom stereocenters. The molecule has 0 radical (unpaired) electrons. The molecule has 1 amide bonds. The lowest BCUT2D eigenvalue weighted by molar-refractivity contribution is -0.113. The van der Waals surface area contributed by atoms with Crippen LogP contribution in [0.2, 0.25) is 0 Å². The van der Waals surface area contributed by atoms with Gasteiger partial charge in [-0.05, 0) is 25.1 Å². The molecule has 2 aromatic heterocycles. The van der Waals surface area contributed by atoms with Crippen LogP contribution in [0.1, 0.15) is 6.92 Å². The number of thioether (sulfide) groups is 1. The van der Waals surface area contributed by atoms with Crippen LogP contribution in [0.4, 0.5) is 5.69 Å². The number of aromatic amines is 1.